The molecule has 1 heterocycles. The van der Waals surface area contributed by atoms with Gasteiger partial charge in [-0.1, -0.05) is 17.7 Å². The summed E-state index contributed by atoms with van der Waals surface area (Å²) in [5.41, 5.74) is 0.299. The number of nitrogens with zero attached hydrogens (tertiary/aromatic N) is 2. The summed E-state index contributed by atoms with van der Waals surface area (Å²) in [5, 5.41) is 15.0. The molecule has 2 aromatic rings. The Kier molecular flexibility index (Phi) is 4.14. The van der Waals surface area contributed by atoms with Crippen LogP contribution < -0.4 is 10.3 Å². The van der Waals surface area contributed by atoms with Crippen molar-refractivity contribution in [1.29, 1.82) is 5.26 Å². The number of halogens is 1. The van der Waals surface area contributed by atoms with E-state index in [2.05, 4.69) is 14.9 Å². The predicted octanol–water partition coefficient (Wildman–Crippen LogP) is 1.17. The third-order valence-corrected chi connectivity index (χ3v) is 3.10. The number of rotatable bonds is 3. The smallest absolute Gasteiger partial charge is 0.282 e. The highest BCUT2D eigenvalue weighted by Gasteiger charge is 2.08. The fourth-order valence-corrected chi connectivity index (χ4v) is 2.06. The third-order valence-electron chi connectivity index (χ3n) is 2.38. The average Bonchev–Trinajstić information content (AvgIpc) is 2.41. The van der Waals surface area contributed by atoms with Gasteiger partial charge in [0.2, 0.25) is 0 Å². The Morgan fingerprint density at radius 2 is 2.20 bits per heavy atom. The van der Waals surface area contributed by atoms with Gasteiger partial charge in [0.25, 0.3) is 5.56 Å². The van der Waals surface area contributed by atoms with E-state index >= 15 is 0 Å². The molecule has 0 aliphatic carbocycles. The van der Waals surface area contributed by atoms with Crippen LogP contribution in [0, 0.1) is 11.3 Å². The SMILES string of the molecule is N#Cc1cc(-c2ccc(Cl)c(NS(=O)[O-])c2)n[nH]c1=O. The Morgan fingerprint density at radius 1 is 1.45 bits per heavy atom. The number of hydrogen-bond acceptors (Lipinski definition) is 5. The average molecular weight is 310 g/mol. The van der Waals surface area contributed by atoms with Gasteiger partial charge in [0.05, 0.1) is 16.4 Å². The molecular formula is C11H6ClN4O3S-. The molecule has 0 saturated heterocycles. The monoisotopic (exact) mass is 309 g/mol. The van der Waals surface area contributed by atoms with Gasteiger partial charge in [-0.25, -0.2) is 5.10 Å². The van der Waals surface area contributed by atoms with Crippen LogP contribution in [0.1, 0.15) is 5.56 Å². The first-order chi connectivity index (χ1) is 9.51. The number of hydrogen-bond donors (Lipinski definition) is 2. The Bertz CT molecular complexity index is 784. The summed E-state index contributed by atoms with van der Waals surface area (Å²) in [4.78, 5) is 11.2. The van der Waals surface area contributed by atoms with E-state index in [0.29, 0.717) is 11.3 Å². The van der Waals surface area contributed by atoms with Crippen molar-refractivity contribution in [2.45, 2.75) is 0 Å². The van der Waals surface area contributed by atoms with Gasteiger partial charge in [0.1, 0.15) is 11.6 Å². The number of nitriles is 1. The van der Waals surface area contributed by atoms with Gasteiger partial charge in [-0.3, -0.25) is 9.00 Å². The molecule has 1 unspecified atom stereocenters. The molecule has 0 fully saturated rings. The number of aromatic nitrogens is 2. The largest absolute Gasteiger partial charge is 0.755 e. The van der Waals surface area contributed by atoms with E-state index in [-0.39, 0.29) is 16.3 Å². The van der Waals surface area contributed by atoms with Crippen LogP contribution in [0.5, 0.6) is 0 Å². The van der Waals surface area contributed by atoms with Crippen molar-refractivity contribution >= 4 is 28.6 Å². The predicted molar refractivity (Wildman–Crippen MR) is 72.6 cm³/mol. The van der Waals surface area contributed by atoms with Gasteiger partial charge >= 0.3 is 0 Å². The molecule has 0 amide bonds. The molecule has 1 aromatic carbocycles. The molecule has 1 atom stereocenters. The molecule has 0 aliphatic heterocycles. The molecule has 0 radical (unpaired) electrons. The van der Waals surface area contributed by atoms with E-state index in [0.717, 1.165) is 0 Å². The Balaban J connectivity index is 2.51. The van der Waals surface area contributed by atoms with Crippen molar-refractivity contribution in [1.82, 2.24) is 10.2 Å². The van der Waals surface area contributed by atoms with Gasteiger partial charge in [-0.15, -0.1) is 0 Å². The molecule has 0 saturated carbocycles. The fraction of sp³-hybridized carbons (Fsp3) is 0. The van der Waals surface area contributed by atoms with Gasteiger partial charge in [-0.05, 0) is 18.2 Å². The summed E-state index contributed by atoms with van der Waals surface area (Å²) in [6.45, 7) is 0. The van der Waals surface area contributed by atoms with Crippen molar-refractivity contribution in [3.05, 3.63) is 45.2 Å². The summed E-state index contributed by atoms with van der Waals surface area (Å²) >= 11 is 3.33. The highest BCUT2D eigenvalue weighted by molar-refractivity contribution is 7.80. The molecule has 0 aliphatic rings. The second-order valence-electron chi connectivity index (χ2n) is 3.64. The molecular weight excluding hydrogens is 304 g/mol. The topological polar surface area (TPSA) is 122 Å². The van der Waals surface area contributed by atoms with Gasteiger partial charge in [0.15, 0.2) is 0 Å². The van der Waals surface area contributed by atoms with Crippen LogP contribution in [-0.4, -0.2) is 19.0 Å². The third kappa shape index (κ3) is 3.03. The summed E-state index contributed by atoms with van der Waals surface area (Å²) in [6, 6.07) is 7.55. The zero-order valence-corrected chi connectivity index (χ0v) is 11.3. The molecule has 0 bridgehead atoms. The van der Waals surface area contributed by atoms with Crippen LogP contribution in [0.15, 0.2) is 29.1 Å². The Labute approximate surface area is 120 Å². The number of nitrogens with one attached hydrogen (secondary N) is 2. The lowest BCUT2D eigenvalue weighted by atomic mass is 10.1. The molecule has 7 nitrogen and oxygen atoms in total. The summed E-state index contributed by atoms with van der Waals surface area (Å²) < 4.78 is 23.4. The fourth-order valence-electron chi connectivity index (χ4n) is 1.49. The van der Waals surface area contributed by atoms with Crippen molar-refractivity contribution in [2.24, 2.45) is 0 Å². The van der Waals surface area contributed by atoms with E-state index in [1.807, 2.05) is 0 Å². The Morgan fingerprint density at radius 3 is 2.85 bits per heavy atom. The standard InChI is InChI=1S/C11H7ClN4O3S/c12-8-2-1-6(3-10(8)16-20(18)19)9-4-7(5-13)11(17)15-14-9/h1-4,16H,(H,15,17)(H,18,19)/p-1. The Hall–Kier alpha value is -2.21. The van der Waals surface area contributed by atoms with Crippen LogP contribution in [-0.2, 0) is 11.3 Å². The van der Waals surface area contributed by atoms with Gasteiger partial charge in [0, 0.05) is 16.8 Å². The molecule has 102 valence electrons. The summed E-state index contributed by atoms with van der Waals surface area (Å²) in [7, 11) is 0. The van der Waals surface area contributed by atoms with Crippen molar-refractivity contribution in [2.75, 3.05) is 4.72 Å². The van der Waals surface area contributed by atoms with E-state index in [1.54, 1.807) is 12.1 Å². The van der Waals surface area contributed by atoms with Crippen LogP contribution in [0.4, 0.5) is 5.69 Å². The maximum Gasteiger partial charge on any atom is 0.282 e. The first kappa shape index (κ1) is 14.2. The lowest BCUT2D eigenvalue weighted by Gasteiger charge is -2.11. The zero-order valence-electron chi connectivity index (χ0n) is 9.71. The second kappa shape index (κ2) is 5.83. The highest BCUT2D eigenvalue weighted by atomic mass is 35.5. The number of anilines is 1. The van der Waals surface area contributed by atoms with Gasteiger partial charge < -0.3 is 9.27 Å². The maximum absolute atomic E-state index is 11.2. The quantitative estimate of drug-likeness (QED) is 0.824. The van der Waals surface area contributed by atoms with Crippen molar-refractivity contribution < 1.29 is 8.76 Å². The molecule has 2 N–H and O–H groups in total. The number of benzene rings is 1. The minimum atomic E-state index is -2.52. The highest BCUT2D eigenvalue weighted by Crippen LogP contribution is 2.27. The normalized spacial score (nSPS) is 11.7. The van der Waals surface area contributed by atoms with Crippen LogP contribution >= 0.6 is 11.6 Å². The summed E-state index contributed by atoms with van der Waals surface area (Å²) in [5.74, 6) is 0. The van der Waals surface area contributed by atoms with E-state index in [1.165, 1.54) is 18.2 Å². The maximum atomic E-state index is 11.2. The molecule has 0 spiro atoms. The van der Waals surface area contributed by atoms with Gasteiger partial charge in [-0.2, -0.15) is 10.4 Å². The van der Waals surface area contributed by atoms with Crippen LogP contribution in [0.3, 0.4) is 0 Å². The number of aromatic amines is 1. The van der Waals surface area contributed by atoms with Crippen LogP contribution in [0.2, 0.25) is 5.02 Å². The molecule has 2 rings (SSSR count). The molecule has 1 aromatic heterocycles. The number of H-pyrrole nitrogens is 1. The molecule has 20 heavy (non-hydrogen) atoms. The summed E-state index contributed by atoms with van der Waals surface area (Å²) in [6.07, 6.45) is 0. The molecule has 9 heteroatoms. The van der Waals surface area contributed by atoms with Crippen molar-refractivity contribution in [3.8, 4) is 17.3 Å². The minimum Gasteiger partial charge on any atom is -0.755 e. The van der Waals surface area contributed by atoms with Crippen molar-refractivity contribution in [3.63, 3.8) is 0 Å². The lowest BCUT2D eigenvalue weighted by molar-refractivity contribution is 0.542. The van der Waals surface area contributed by atoms with E-state index in [9.17, 15) is 13.6 Å². The zero-order chi connectivity index (χ0) is 14.7. The van der Waals surface area contributed by atoms with E-state index < -0.39 is 16.8 Å². The van der Waals surface area contributed by atoms with Crippen LogP contribution in [0.25, 0.3) is 11.3 Å². The lowest BCUT2D eigenvalue weighted by Crippen LogP contribution is -2.12. The second-order valence-corrected chi connectivity index (χ2v) is 4.72. The first-order valence-corrected chi connectivity index (χ1v) is 6.62. The first-order valence-electron chi connectivity index (χ1n) is 5.17. The van der Waals surface area contributed by atoms with E-state index in [4.69, 9.17) is 16.9 Å². The minimum absolute atomic E-state index is 0.0909.